The minimum Gasteiger partial charge on any atom is -0.492 e. The molecule has 1 aromatic rings. The summed E-state index contributed by atoms with van der Waals surface area (Å²) < 4.78 is 63.3. The van der Waals surface area contributed by atoms with Crippen LogP contribution in [-0.4, -0.2) is 26.1 Å². The Labute approximate surface area is 122 Å². The zero-order chi connectivity index (χ0) is 16.3. The highest BCUT2D eigenvalue weighted by Gasteiger charge is 2.26. The molecule has 21 heavy (non-hydrogen) atoms. The van der Waals surface area contributed by atoms with E-state index in [0.29, 0.717) is 6.07 Å². The SMILES string of the molecule is O=[N+]([O-])c1ccc(OCCCC(F)(F)F)c(S(=O)(=O)Cl)c1. The number of rotatable bonds is 6. The van der Waals surface area contributed by atoms with Crippen LogP contribution < -0.4 is 4.74 Å². The van der Waals surface area contributed by atoms with Crippen LogP contribution in [0, 0.1) is 10.1 Å². The zero-order valence-electron chi connectivity index (χ0n) is 10.3. The molecule has 11 heteroatoms. The Morgan fingerprint density at radius 1 is 1.33 bits per heavy atom. The van der Waals surface area contributed by atoms with Crippen LogP contribution in [-0.2, 0) is 9.05 Å². The number of non-ortho nitro benzene ring substituents is 1. The van der Waals surface area contributed by atoms with Crippen LogP contribution in [0.15, 0.2) is 23.1 Å². The molecule has 0 radical (unpaired) electrons. The lowest BCUT2D eigenvalue weighted by Gasteiger charge is -2.10. The molecule has 6 nitrogen and oxygen atoms in total. The van der Waals surface area contributed by atoms with Gasteiger partial charge in [-0.15, -0.1) is 0 Å². The van der Waals surface area contributed by atoms with Gasteiger partial charge in [-0.05, 0) is 12.5 Å². The second-order valence-electron chi connectivity index (χ2n) is 3.89. The van der Waals surface area contributed by atoms with Gasteiger partial charge in [-0.25, -0.2) is 8.42 Å². The molecule has 0 N–H and O–H groups in total. The Morgan fingerprint density at radius 3 is 2.43 bits per heavy atom. The molecule has 0 bridgehead atoms. The van der Waals surface area contributed by atoms with Crippen LogP contribution in [0.1, 0.15) is 12.8 Å². The van der Waals surface area contributed by atoms with Gasteiger partial charge in [0.15, 0.2) is 0 Å². The number of nitro groups is 1. The summed E-state index contributed by atoms with van der Waals surface area (Å²) in [7, 11) is 0.781. The van der Waals surface area contributed by atoms with Gasteiger partial charge in [0, 0.05) is 29.2 Å². The Kier molecular flexibility index (Phi) is 5.40. The highest BCUT2D eigenvalue weighted by Crippen LogP contribution is 2.31. The van der Waals surface area contributed by atoms with Gasteiger partial charge < -0.3 is 4.74 Å². The van der Waals surface area contributed by atoms with Crippen LogP contribution in [0.2, 0.25) is 0 Å². The first-order valence-corrected chi connectivity index (χ1v) is 7.74. The van der Waals surface area contributed by atoms with Crippen LogP contribution in [0.3, 0.4) is 0 Å². The summed E-state index contributed by atoms with van der Waals surface area (Å²) in [4.78, 5) is 9.07. The number of benzene rings is 1. The minimum atomic E-state index is -4.35. The quantitative estimate of drug-likeness (QED) is 0.341. The van der Waals surface area contributed by atoms with Crippen LogP contribution in [0.25, 0.3) is 0 Å². The molecule has 118 valence electrons. The van der Waals surface area contributed by atoms with E-state index in [9.17, 15) is 31.7 Å². The lowest BCUT2D eigenvalue weighted by Crippen LogP contribution is -2.10. The molecule has 0 amide bonds. The van der Waals surface area contributed by atoms with Gasteiger partial charge in [0.1, 0.15) is 10.6 Å². The molecule has 0 heterocycles. The van der Waals surface area contributed by atoms with Crippen molar-refractivity contribution in [3.05, 3.63) is 28.3 Å². The number of hydrogen-bond donors (Lipinski definition) is 0. The summed E-state index contributed by atoms with van der Waals surface area (Å²) in [5.74, 6) is -0.335. The van der Waals surface area contributed by atoms with E-state index in [2.05, 4.69) is 0 Å². The monoisotopic (exact) mass is 347 g/mol. The number of ether oxygens (including phenoxy) is 1. The zero-order valence-corrected chi connectivity index (χ0v) is 11.8. The maximum Gasteiger partial charge on any atom is 0.389 e. The molecular weight excluding hydrogens is 339 g/mol. The van der Waals surface area contributed by atoms with Crippen molar-refractivity contribution in [2.24, 2.45) is 0 Å². The van der Waals surface area contributed by atoms with Crippen molar-refractivity contribution in [2.45, 2.75) is 23.9 Å². The predicted octanol–water partition coefficient (Wildman–Crippen LogP) is 3.24. The Bertz CT molecular complexity index is 632. The number of nitro benzene ring substituents is 1. The van der Waals surface area contributed by atoms with Crippen molar-refractivity contribution in [3.8, 4) is 5.75 Å². The first-order valence-electron chi connectivity index (χ1n) is 5.43. The fraction of sp³-hybridized carbons (Fsp3) is 0.400. The fourth-order valence-electron chi connectivity index (χ4n) is 1.37. The Balaban J connectivity index is 2.89. The van der Waals surface area contributed by atoms with Gasteiger partial charge >= 0.3 is 6.18 Å². The van der Waals surface area contributed by atoms with Crippen molar-refractivity contribution in [1.29, 1.82) is 0 Å². The molecule has 0 spiro atoms. The van der Waals surface area contributed by atoms with Crippen molar-refractivity contribution in [1.82, 2.24) is 0 Å². The van der Waals surface area contributed by atoms with Gasteiger partial charge in [-0.1, -0.05) is 0 Å². The van der Waals surface area contributed by atoms with E-state index < -0.39 is 43.8 Å². The van der Waals surface area contributed by atoms with Crippen LogP contribution in [0.5, 0.6) is 5.75 Å². The summed E-state index contributed by atoms with van der Waals surface area (Å²) in [5.41, 5.74) is -0.531. The van der Waals surface area contributed by atoms with Gasteiger partial charge in [-0.3, -0.25) is 10.1 Å². The largest absolute Gasteiger partial charge is 0.492 e. The molecule has 1 aromatic carbocycles. The first kappa shape index (κ1) is 17.5. The summed E-state index contributed by atoms with van der Waals surface area (Å²) in [6, 6.07) is 2.62. The third-order valence-electron chi connectivity index (χ3n) is 2.26. The third kappa shape index (κ3) is 5.76. The lowest BCUT2D eigenvalue weighted by atomic mass is 10.3. The normalized spacial score (nSPS) is 12.2. The molecular formula is C10H9ClF3NO5S. The molecule has 0 unspecified atom stereocenters. The molecule has 0 atom stereocenters. The number of nitrogens with zero attached hydrogens (tertiary/aromatic N) is 1. The van der Waals surface area contributed by atoms with E-state index in [1.54, 1.807) is 0 Å². The molecule has 0 saturated carbocycles. The van der Waals surface area contributed by atoms with Gasteiger partial charge in [0.05, 0.1) is 11.5 Å². The van der Waals surface area contributed by atoms with Crippen molar-refractivity contribution >= 4 is 25.4 Å². The molecule has 0 aliphatic rings. The maximum atomic E-state index is 11.9. The molecule has 0 aliphatic carbocycles. The number of halogens is 4. The van der Waals surface area contributed by atoms with Gasteiger partial charge in [0.25, 0.3) is 14.7 Å². The summed E-state index contributed by atoms with van der Waals surface area (Å²) in [6.07, 6.45) is -5.83. The number of hydrogen-bond acceptors (Lipinski definition) is 5. The summed E-state index contributed by atoms with van der Waals surface area (Å²) >= 11 is 0. The van der Waals surface area contributed by atoms with E-state index in [0.717, 1.165) is 12.1 Å². The topological polar surface area (TPSA) is 86.5 Å². The fourth-order valence-corrected chi connectivity index (χ4v) is 2.37. The molecule has 0 aromatic heterocycles. The molecule has 1 rings (SSSR count). The van der Waals surface area contributed by atoms with Gasteiger partial charge in [0.2, 0.25) is 0 Å². The van der Waals surface area contributed by atoms with E-state index in [1.165, 1.54) is 0 Å². The summed E-state index contributed by atoms with van der Waals surface area (Å²) in [6.45, 7) is -0.406. The molecule has 0 aliphatic heterocycles. The maximum absolute atomic E-state index is 11.9. The van der Waals surface area contributed by atoms with Gasteiger partial charge in [-0.2, -0.15) is 13.2 Å². The Hall–Kier alpha value is -1.55. The summed E-state index contributed by atoms with van der Waals surface area (Å²) in [5, 5.41) is 10.6. The number of alkyl halides is 3. The minimum absolute atomic E-state index is 0.335. The third-order valence-corrected chi connectivity index (χ3v) is 3.61. The van der Waals surface area contributed by atoms with Crippen molar-refractivity contribution in [3.63, 3.8) is 0 Å². The van der Waals surface area contributed by atoms with E-state index in [-0.39, 0.29) is 12.2 Å². The average molecular weight is 348 g/mol. The lowest BCUT2D eigenvalue weighted by molar-refractivity contribution is -0.385. The first-order chi connectivity index (χ1) is 9.50. The average Bonchev–Trinajstić information content (AvgIpc) is 2.32. The Morgan fingerprint density at radius 2 is 1.95 bits per heavy atom. The van der Waals surface area contributed by atoms with Crippen LogP contribution >= 0.6 is 10.7 Å². The second-order valence-corrected chi connectivity index (χ2v) is 6.43. The predicted molar refractivity (Wildman–Crippen MR) is 66.9 cm³/mol. The van der Waals surface area contributed by atoms with E-state index in [1.807, 2.05) is 0 Å². The van der Waals surface area contributed by atoms with E-state index >= 15 is 0 Å². The molecule has 0 saturated heterocycles. The highest BCUT2D eigenvalue weighted by molar-refractivity contribution is 8.13. The molecule has 0 fully saturated rings. The van der Waals surface area contributed by atoms with Crippen LogP contribution in [0.4, 0.5) is 18.9 Å². The standard InChI is InChI=1S/C10H9ClF3NO5S/c11-21(18,19)9-6-7(15(16)17)2-3-8(9)20-5-1-4-10(12,13)14/h2-3,6H,1,4-5H2. The van der Waals surface area contributed by atoms with Crippen molar-refractivity contribution in [2.75, 3.05) is 6.61 Å². The smallest absolute Gasteiger partial charge is 0.389 e. The van der Waals surface area contributed by atoms with Crippen molar-refractivity contribution < 1.29 is 31.2 Å². The highest BCUT2D eigenvalue weighted by atomic mass is 35.7. The second kappa shape index (κ2) is 6.48. The van der Waals surface area contributed by atoms with E-state index in [4.69, 9.17) is 15.4 Å².